The van der Waals surface area contributed by atoms with Gasteiger partial charge < -0.3 is 5.32 Å². The van der Waals surface area contributed by atoms with E-state index in [0.717, 1.165) is 6.42 Å². The molecule has 114 valence electrons. The first-order valence-corrected chi connectivity index (χ1v) is 7.70. The molecule has 0 aliphatic heterocycles. The molecule has 1 aromatic heterocycles. The van der Waals surface area contributed by atoms with E-state index in [4.69, 9.17) is 5.26 Å². The Bertz CT molecular complexity index is 759. The number of hydrogen-bond acceptors (Lipinski definition) is 5. The molecule has 0 fully saturated rings. The highest BCUT2D eigenvalue weighted by atomic mass is 32.2. The van der Waals surface area contributed by atoms with Gasteiger partial charge in [0.05, 0.1) is 17.4 Å². The standard InChI is InChI=1S/C14H15N5O2S/c1-2-6-19-13(21)17-18-14(19)22-9-12(20)16-11-5-3-4-10(7-11)8-15/h3-5,7H,2,6,9H2,1H3,(H,16,20)(H,17,21). The maximum atomic E-state index is 11.9. The summed E-state index contributed by atoms with van der Waals surface area (Å²) in [5, 5.41) is 18.3. The Morgan fingerprint density at radius 1 is 1.55 bits per heavy atom. The van der Waals surface area contributed by atoms with Crippen LogP contribution >= 0.6 is 11.8 Å². The van der Waals surface area contributed by atoms with Crippen molar-refractivity contribution in [3.05, 3.63) is 40.3 Å². The number of aromatic amines is 1. The molecule has 2 aromatic rings. The van der Waals surface area contributed by atoms with Gasteiger partial charge in [0.2, 0.25) is 5.91 Å². The fraction of sp³-hybridized carbons (Fsp3) is 0.286. The molecule has 0 bridgehead atoms. The first kappa shape index (κ1) is 15.9. The summed E-state index contributed by atoms with van der Waals surface area (Å²) in [6, 6.07) is 8.70. The van der Waals surface area contributed by atoms with Crippen molar-refractivity contribution in [1.82, 2.24) is 14.8 Å². The zero-order valence-corrected chi connectivity index (χ0v) is 12.8. The van der Waals surface area contributed by atoms with E-state index in [2.05, 4.69) is 15.5 Å². The number of carbonyl (C=O) groups excluding carboxylic acids is 1. The van der Waals surface area contributed by atoms with Gasteiger partial charge >= 0.3 is 5.69 Å². The van der Waals surface area contributed by atoms with Crippen LogP contribution in [0, 0.1) is 11.3 Å². The van der Waals surface area contributed by atoms with Crippen molar-refractivity contribution in [1.29, 1.82) is 5.26 Å². The van der Waals surface area contributed by atoms with Gasteiger partial charge in [-0.1, -0.05) is 24.8 Å². The Labute approximate surface area is 131 Å². The first-order valence-electron chi connectivity index (χ1n) is 6.72. The van der Waals surface area contributed by atoms with E-state index in [9.17, 15) is 9.59 Å². The third-order valence-corrected chi connectivity index (χ3v) is 3.75. The molecule has 7 nitrogen and oxygen atoms in total. The number of hydrogen-bond donors (Lipinski definition) is 2. The number of thioether (sulfide) groups is 1. The van der Waals surface area contributed by atoms with Crippen molar-refractivity contribution < 1.29 is 4.79 Å². The second kappa shape index (κ2) is 7.47. The van der Waals surface area contributed by atoms with Gasteiger partial charge in [0.1, 0.15) is 0 Å². The molecule has 0 aliphatic carbocycles. The van der Waals surface area contributed by atoms with Crippen molar-refractivity contribution >= 4 is 23.4 Å². The van der Waals surface area contributed by atoms with Crippen LogP contribution in [0.2, 0.25) is 0 Å². The lowest BCUT2D eigenvalue weighted by Crippen LogP contribution is -2.18. The Morgan fingerprint density at radius 3 is 3.09 bits per heavy atom. The summed E-state index contributed by atoms with van der Waals surface area (Å²) in [7, 11) is 0. The summed E-state index contributed by atoms with van der Waals surface area (Å²) >= 11 is 1.19. The minimum Gasteiger partial charge on any atom is -0.325 e. The number of carbonyl (C=O) groups is 1. The molecule has 8 heteroatoms. The molecule has 0 aliphatic rings. The monoisotopic (exact) mass is 317 g/mol. The van der Waals surface area contributed by atoms with Crippen LogP contribution in [-0.2, 0) is 11.3 Å². The molecular formula is C14H15N5O2S. The zero-order chi connectivity index (χ0) is 15.9. The highest BCUT2D eigenvalue weighted by Crippen LogP contribution is 2.15. The minimum absolute atomic E-state index is 0.130. The molecule has 0 saturated carbocycles. The normalized spacial score (nSPS) is 10.2. The largest absolute Gasteiger partial charge is 0.343 e. The summed E-state index contributed by atoms with van der Waals surface area (Å²) in [5.74, 6) is -0.0938. The van der Waals surface area contributed by atoms with Crippen LogP contribution < -0.4 is 11.0 Å². The number of aromatic nitrogens is 3. The van der Waals surface area contributed by atoms with E-state index < -0.39 is 0 Å². The number of nitriles is 1. The van der Waals surface area contributed by atoms with Gasteiger partial charge in [-0.2, -0.15) is 5.26 Å². The molecule has 2 rings (SSSR count). The Balaban J connectivity index is 1.96. The van der Waals surface area contributed by atoms with Gasteiger partial charge in [-0.05, 0) is 24.6 Å². The average molecular weight is 317 g/mol. The van der Waals surface area contributed by atoms with Crippen LogP contribution in [0.1, 0.15) is 18.9 Å². The number of amides is 1. The van der Waals surface area contributed by atoms with E-state index in [1.807, 2.05) is 13.0 Å². The van der Waals surface area contributed by atoms with Gasteiger partial charge in [-0.25, -0.2) is 9.89 Å². The van der Waals surface area contributed by atoms with Crippen molar-refractivity contribution in [3.8, 4) is 6.07 Å². The molecule has 1 aromatic carbocycles. The molecule has 2 N–H and O–H groups in total. The molecule has 0 spiro atoms. The highest BCUT2D eigenvalue weighted by molar-refractivity contribution is 7.99. The number of rotatable bonds is 6. The second-order valence-corrected chi connectivity index (χ2v) is 5.43. The van der Waals surface area contributed by atoms with Gasteiger partial charge in [0, 0.05) is 12.2 Å². The average Bonchev–Trinajstić information content (AvgIpc) is 2.86. The molecule has 0 radical (unpaired) electrons. The van der Waals surface area contributed by atoms with E-state index in [1.165, 1.54) is 16.3 Å². The molecule has 1 heterocycles. The van der Waals surface area contributed by atoms with Gasteiger partial charge in [0.25, 0.3) is 0 Å². The topological polar surface area (TPSA) is 104 Å². The van der Waals surface area contributed by atoms with Crippen molar-refractivity contribution in [2.24, 2.45) is 0 Å². The van der Waals surface area contributed by atoms with E-state index in [0.29, 0.717) is 23.0 Å². The van der Waals surface area contributed by atoms with Gasteiger partial charge in [-0.15, -0.1) is 5.10 Å². The summed E-state index contributed by atoms with van der Waals surface area (Å²) < 4.78 is 1.51. The van der Waals surface area contributed by atoms with Crippen LogP contribution in [-0.4, -0.2) is 26.4 Å². The molecule has 0 atom stereocenters. The summed E-state index contributed by atoms with van der Waals surface area (Å²) in [6.45, 7) is 2.52. The molecule has 1 amide bonds. The predicted molar refractivity (Wildman–Crippen MR) is 83.6 cm³/mol. The Kier molecular flexibility index (Phi) is 5.38. The molecule has 0 unspecified atom stereocenters. The number of anilines is 1. The van der Waals surface area contributed by atoms with Crippen LogP contribution in [0.5, 0.6) is 0 Å². The quantitative estimate of drug-likeness (QED) is 0.787. The van der Waals surface area contributed by atoms with Crippen LogP contribution in [0.25, 0.3) is 0 Å². The van der Waals surface area contributed by atoms with E-state index >= 15 is 0 Å². The number of nitrogens with zero attached hydrogens (tertiary/aromatic N) is 3. The zero-order valence-electron chi connectivity index (χ0n) is 12.0. The number of benzene rings is 1. The maximum Gasteiger partial charge on any atom is 0.343 e. The van der Waals surface area contributed by atoms with Crippen LogP contribution in [0.3, 0.4) is 0 Å². The fourth-order valence-electron chi connectivity index (χ4n) is 1.83. The van der Waals surface area contributed by atoms with Crippen molar-refractivity contribution in [2.45, 2.75) is 25.0 Å². The van der Waals surface area contributed by atoms with Crippen LogP contribution in [0.15, 0.2) is 34.2 Å². The fourth-order valence-corrected chi connectivity index (χ4v) is 2.60. The van der Waals surface area contributed by atoms with Gasteiger partial charge in [-0.3, -0.25) is 9.36 Å². The van der Waals surface area contributed by atoms with Crippen molar-refractivity contribution in [2.75, 3.05) is 11.1 Å². The van der Waals surface area contributed by atoms with E-state index in [1.54, 1.807) is 24.3 Å². The summed E-state index contributed by atoms with van der Waals surface area (Å²) in [6.07, 6.45) is 0.806. The van der Waals surface area contributed by atoms with Crippen LogP contribution in [0.4, 0.5) is 5.69 Å². The third kappa shape index (κ3) is 3.99. The maximum absolute atomic E-state index is 11.9. The van der Waals surface area contributed by atoms with Gasteiger partial charge in [0.15, 0.2) is 5.16 Å². The Morgan fingerprint density at radius 2 is 2.36 bits per heavy atom. The molecule has 0 saturated heterocycles. The molecule has 22 heavy (non-hydrogen) atoms. The van der Waals surface area contributed by atoms with E-state index in [-0.39, 0.29) is 17.3 Å². The predicted octanol–water partition coefficient (Wildman–Crippen LogP) is 1.58. The summed E-state index contributed by atoms with van der Waals surface area (Å²) in [5.41, 5.74) is 0.777. The highest BCUT2D eigenvalue weighted by Gasteiger charge is 2.11. The molecular weight excluding hydrogens is 302 g/mol. The summed E-state index contributed by atoms with van der Waals surface area (Å²) in [4.78, 5) is 23.5. The lowest BCUT2D eigenvalue weighted by Gasteiger charge is -2.06. The number of H-pyrrole nitrogens is 1. The van der Waals surface area contributed by atoms with Crippen molar-refractivity contribution in [3.63, 3.8) is 0 Å². The first-order chi connectivity index (χ1) is 10.6. The second-order valence-electron chi connectivity index (χ2n) is 4.49. The lowest BCUT2D eigenvalue weighted by molar-refractivity contribution is -0.113. The lowest BCUT2D eigenvalue weighted by atomic mass is 10.2. The third-order valence-electron chi connectivity index (χ3n) is 2.78. The number of nitrogens with one attached hydrogen (secondary N) is 2. The SMILES string of the molecule is CCCn1c(SCC(=O)Nc2cccc(C#N)c2)n[nH]c1=O. The minimum atomic E-state index is -0.272. The smallest absolute Gasteiger partial charge is 0.325 e. The Hall–Kier alpha value is -2.53.